The molecule has 0 aliphatic carbocycles. The van der Waals surface area contributed by atoms with Crippen LogP contribution in [0, 0.1) is 6.92 Å². The molecule has 3 aromatic rings. The first-order valence-electron chi connectivity index (χ1n) is 8.23. The highest BCUT2D eigenvalue weighted by Crippen LogP contribution is 2.19. The van der Waals surface area contributed by atoms with Crippen LogP contribution in [-0.2, 0) is 0 Å². The number of methoxy groups -OCH3 is 2. The van der Waals surface area contributed by atoms with Crippen LogP contribution in [0.25, 0.3) is 5.69 Å². The van der Waals surface area contributed by atoms with Gasteiger partial charge in [0.1, 0.15) is 5.75 Å². The molecule has 7 nitrogen and oxygen atoms in total. The van der Waals surface area contributed by atoms with E-state index in [4.69, 9.17) is 9.47 Å². The van der Waals surface area contributed by atoms with Crippen molar-refractivity contribution in [1.29, 1.82) is 0 Å². The maximum absolute atomic E-state index is 12.7. The SMILES string of the molecule is COc1ccc(NC(=O)c2nn(-c3ccccc3C)c(=O)cc2OC)cc1. The standard InChI is InChI=1S/C20H19N3O4/c1-13-6-4-5-7-16(13)23-18(24)12-17(27-3)19(22-23)20(25)21-14-8-10-15(26-2)11-9-14/h4-12H,1-3H3,(H,21,25). The molecule has 7 heteroatoms. The van der Waals surface area contributed by atoms with E-state index in [2.05, 4.69) is 10.4 Å². The Morgan fingerprint density at radius 1 is 1.04 bits per heavy atom. The summed E-state index contributed by atoms with van der Waals surface area (Å²) >= 11 is 0. The van der Waals surface area contributed by atoms with E-state index in [1.807, 2.05) is 19.1 Å². The molecule has 1 N–H and O–H groups in total. The third-order valence-electron chi connectivity index (χ3n) is 4.02. The normalized spacial score (nSPS) is 10.3. The molecular weight excluding hydrogens is 346 g/mol. The molecule has 0 fully saturated rings. The van der Waals surface area contributed by atoms with Gasteiger partial charge in [-0.3, -0.25) is 9.59 Å². The number of nitrogens with one attached hydrogen (secondary N) is 1. The number of hydrogen-bond acceptors (Lipinski definition) is 5. The quantitative estimate of drug-likeness (QED) is 0.752. The molecule has 138 valence electrons. The van der Waals surface area contributed by atoms with E-state index >= 15 is 0 Å². The number of benzene rings is 2. The Morgan fingerprint density at radius 2 is 1.74 bits per heavy atom. The second-order valence-electron chi connectivity index (χ2n) is 5.78. The van der Waals surface area contributed by atoms with E-state index in [1.165, 1.54) is 17.9 Å². The van der Waals surface area contributed by atoms with E-state index < -0.39 is 5.91 Å². The Bertz CT molecular complexity index is 1030. The number of aromatic nitrogens is 2. The average Bonchev–Trinajstić information content (AvgIpc) is 2.69. The minimum absolute atomic E-state index is 0.0103. The van der Waals surface area contributed by atoms with Gasteiger partial charge in [-0.25, -0.2) is 0 Å². The fraction of sp³-hybridized carbons (Fsp3) is 0.150. The van der Waals surface area contributed by atoms with E-state index in [0.29, 0.717) is 17.1 Å². The van der Waals surface area contributed by atoms with Gasteiger partial charge in [-0.05, 0) is 42.8 Å². The minimum Gasteiger partial charge on any atom is -0.497 e. The summed E-state index contributed by atoms with van der Waals surface area (Å²) in [7, 11) is 2.95. The number of ether oxygens (including phenoxy) is 2. The van der Waals surface area contributed by atoms with Crippen LogP contribution in [0.2, 0.25) is 0 Å². The summed E-state index contributed by atoms with van der Waals surface area (Å²) in [6.07, 6.45) is 0. The monoisotopic (exact) mass is 365 g/mol. The lowest BCUT2D eigenvalue weighted by Gasteiger charge is -2.13. The Morgan fingerprint density at radius 3 is 2.37 bits per heavy atom. The van der Waals surface area contributed by atoms with Crippen LogP contribution in [0.3, 0.4) is 0 Å². The first kappa shape index (κ1) is 18.2. The number of amides is 1. The maximum Gasteiger partial charge on any atom is 0.280 e. The Kier molecular flexibility index (Phi) is 5.21. The molecule has 1 heterocycles. The number of carbonyl (C=O) groups is 1. The van der Waals surface area contributed by atoms with Crippen LogP contribution < -0.4 is 20.3 Å². The lowest BCUT2D eigenvalue weighted by molar-refractivity contribution is 0.101. The molecule has 0 saturated heterocycles. The van der Waals surface area contributed by atoms with Crippen molar-refractivity contribution in [2.75, 3.05) is 19.5 Å². The van der Waals surface area contributed by atoms with Gasteiger partial charge in [0, 0.05) is 5.69 Å². The average molecular weight is 365 g/mol. The van der Waals surface area contributed by atoms with Crippen molar-refractivity contribution in [3.63, 3.8) is 0 Å². The third kappa shape index (κ3) is 3.82. The fourth-order valence-corrected chi connectivity index (χ4v) is 2.59. The zero-order valence-corrected chi connectivity index (χ0v) is 15.2. The number of aryl methyl sites for hydroxylation is 1. The highest BCUT2D eigenvalue weighted by Gasteiger charge is 2.19. The summed E-state index contributed by atoms with van der Waals surface area (Å²) in [6, 6.07) is 15.4. The predicted octanol–water partition coefficient (Wildman–Crippen LogP) is 2.81. The van der Waals surface area contributed by atoms with E-state index in [9.17, 15) is 9.59 Å². The van der Waals surface area contributed by atoms with E-state index in [-0.39, 0.29) is 17.0 Å². The predicted molar refractivity (Wildman–Crippen MR) is 102 cm³/mol. The number of nitrogens with zero attached hydrogens (tertiary/aromatic N) is 2. The first-order valence-corrected chi connectivity index (χ1v) is 8.23. The van der Waals surface area contributed by atoms with Gasteiger partial charge in [0.2, 0.25) is 0 Å². The summed E-state index contributed by atoms with van der Waals surface area (Å²) in [6.45, 7) is 1.87. The molecule has 27 heavy (non-hydrogen) atoms. The summed E-state index contributed by atoms with van der Waals surface area (Å²) in [4.78, 5) is 25.2. The number of para-hydroxylation sites is 1. The topological polar surface area (TPSA) is 82.5 Å². The molecule has 0 bridgehead atoms. The highest BCUT2D eigenvalue weighted by atomic mass is 16.5. The van der Waals surface area contributed by atoms with Crippen LogP contribution >= 0.6 is 0 Å². The molecule has 2 aromatic carbocycles. The molecular formula is C20H19N3O4. The van der Waals surface area contributed by atoms with Crippen molar-refractivity contribution in [1.82, 2.24) is 9.78 Å². The second kappa shape index (κ2) is 7.74. The van der Waals surface area contributed by atoms with Crippen molar-refractivity contribution in [2.24, 2.45) is 0 Å². The molecule has 0 saturated carbocycles. The summed E-state index contributed by atoms with van der Waals surface area (Å²) in [5, 5.41) is 6.99. The zero-order valence-electron chi connectivity index (χ0n) is 15.2. The Hall–Kier alpha value is -3.61. The fourth-order valence-electron chi connectivity index (χ4n) is 2.59. The van der Waals surface area contributed by atoms with Crippen LogP contribution in [0.1, 0.15) is 16.1 Å². The molecule has 1 amide bonds. The van der Waals surface area contributed by atoms with Crippen LogP contribution in [-0.4, -0.2) is 29.9 Å². The Balaban J connectivity index is 2.00. The van der Waals surface area contributed by atoms with Gasteiger partial charge in [0.05, 0.1) is 26.0 Å². The second-order valence-corrected chi connectivity index (χ2v) is 5.78. The molecule has 1 aromatic heterocycles. The molecule has 0 aliphatic rings. The molecule has 0 atom stereocenters. The van der Waals surface area contributed by atoms with Gasteiger partial charge in [0.25, 0.3) is 11.5 Å². The van der Waals surface area contributed by atoms with Gasteiger partial charge in [-0.1, -0.05) is 18.2 Å². The van der Waals surface area contributed by atoms with Gasteiger partial charge in [0.15, 0.2) is 11.4 Å². The van der Waals surface area contributed by atoms with Crippen molar-refractivity contribution in [3.8, 4) is 17.2 Å². The van der Waals surface area contributed by atoms with Gasteiger partial charge in [-0.15, -0.1) is 0 Å². The largest absolute Gasteiger partial charge is 0.497 e. The number of rotatable bonds is 5. The lowest BCUT2D eigenvalue weighted by atomic mass is 10.2. The smallest absolute Gasteiger partial charge is 0.280 e. The number of carbonyl (C=O) groups excluding carboxylic acids is 1. The van der Waals surface area contributed by atoms with Crippen molar-refractivity contribution >= 4 is 11.6 Å². The first-order chi connectivity index (χ1) is 13.0. The highest BCUT2D eigenvalue weighted by molar-refractivity contribution is 6.04. The number of hydrogen-bond donors (Lipinski definition) is 1. The van der Waals surface area contributed by atoms with Gasteiger partial charge >= 0.3 is 0 Å². The van der Waals surface area contributed by atoms with Crippen molar-refractivity contribution in [3.05, 3.63) is 76.2 Å². The summed E-state index contributed by atoms with van der Waals surface area (Å²) in [5.74, 6) is 0.298. The van der Waals surface area contributed by atoms with Gasteiger partial charge in [-0.2, -0.15) is 9.78 Å². The van der Waals surface area contributed by atoms with Crippen LogP contribution in [0.15, 0.2) is 59.4 Å². The van der Waals surface area contributed by atoms with Crippen molar-refractivity contribution < 1.29 is 14.3 Å². The molecule has 0 unspecified atom stereocenters. The molecule has 0 radical (unpaired) electrons. The maximum atomic E-state index is 12.7. The minimum atomic E-state index is -0.487. The molecule has 0 aliphatic heterocycles. The Labute approximate surface area is 156 Å². The summed E-state index contributed by atoms with van der Waals surface area (Å²) < 4.78 is 11.5. The third-order valence-corrected chi connectivity index (χ3v) is 4.02. The van der Waals surface area contributed by atoms with Gasteiger partial charge < -0.3 is 14.8 Å². The van der Waals surface area contributed by atoms with E-state index in [0.717, 1.165) is 5.56 Å². The van der Waals surface area contributed by atoms with Crippen molar-refractivity contribution in [2.45, 2.75) is 6.92 Å². The van der Waals surface area contributed by atoms with Crippen LogP contribution in [0.4, 0.5) is 5.69 Å². The number of anilines is 1. The van der Waals surface area contributed by atoms with Crippen LogP contribution in [0.5, 0.6) is 11.5 Å². The lowest BCUT2D eigenvalue weighted by Crippen LogP contribution is -2.26. The van der Waals surface area contributed by atoms with E-state index in [1.54, 1.807) is 43.5 Å². The molecule has 3 rings (SSSR count). The zero-order chi connectivity index (χ0) is 19.4. The summed E-state index contributed by atoms with van der Waals surface area (Å²) in [5.41, 5.74) is 1.65. The molecule has 0 spiro atoms.